The molecule has 24 heavy (non-hydrogen) atoms. The van der Waals surface area contributed by atoms with Crippen molar-refractivity contribution < 1.29 is 9.47 Å². The lowest BCUT2D eigenvalue weighted by atomic mass is 10.2. The average Bonchev–Trinajstić information content (AvgIpc) is 3.06. The number of guanidine groups is 1. The van der Waals surface area contributed by atoms with E-state index in [0.29, 0.717) is 18.3 Å². The molecular weight excluding hydrogens is 485 g/mol. The van der Waals surface area contributed by atoms with E-state index in [4.69, 9.17) is 14.5 Å². The molecule has 1 aliphatic carbocycles. The van der Waals surface area contributed by atoms with Crippen molar-refractivity contribution in [2.24, 2.45) is 4.99 Å². The van der Waals surface area contributed by atoms with Crippen molar-refractivity contribution in [3.8, 4) is 11.5 Å². The summed E-state index contributed by atoms with van der Waals surface area (Å²) >= 11 is 3.58. The molecule has 0 spiro atoms. The Labute approximate surface area is 170 Å². The minimum atomic E-state index is 0. The first-order valence-corrected chi connectivity index (χ1v) is 8.92. The van der Waals surface area contributed by atoms with E-state index in [2.05, 4.69) is 33.5 Å². The molecule has 0 aliphatic heterocycles. The summed E-state index contributed by atoms with van der Waals surface area (Å²) in [6, 6.07) is 4.42. The number of hydrogen-bond acceptors (Lipinski definition) is 3. The van der Waals surface area contributed by atoms with Gasteiger partial charge in [-0.05, 0) is 37.5 Å². The van der Waals surface area contributed by atoms with E-state index in [1.165, 1.54) is 25.7 Å². The van der Waals surface area contributed by atoms with Crippen LogP contribution in [0.2, 0.25) is 0 Å². The number of nitrogens with one attached hydrogen (secondary N) is 2. The molecule has 0 saturated heterocycles. The summed E-state index contributed by atoms with van der Waals surface area (Å²) in [6.45, 7) is 3.51. The molecule has 1 aliphatic rings. The summed E-state index contributed by atoms with van der Waals surface area (Å²) in [7, 11) is 3.28. The largest absolute Gasteiger partial charge is 0.493 e. The second kappa shape index (κ2) is 11.0. The standard InChI is InChI=1S/C17H26BrN3O2.HI/c1-4-19-17(21-13-7-5-6-8-13)20-11-12-9-15(22-2)16(23-3)10-14(12)18;/h9-10,13H,4-8,11H2,1-3H3,(H2,19,20,21);1H. The Morgan fingerprint density at radius 1 is 1.21 bits per heavy atom. The van der Waals surface area contributed by atoms with Gasteiger partial charge in [0, 0.05) is 17.1 Å². The Bertz CT molecular complexity index is 549. The molecule has 5 nitrogen and oxygen atoms in total. The lowest BCUT2D eigenvalue weighted by molar-refractivity contribution is 0.354. The molecule has 136 valence electrons. The topological polar surface area (TPSA) is 54.9 Å². The molecule has 0 unspecified atom stereocenters. The van der Waals surface area contributed by atoms with Crippen molar-refractivity contribution in [2.45, 2.75) is 45.2 Å². The number of halogens is 2. The Balaban J connectivity index is 0.00000288. The normalized spacial score (nSPS) is 14.9. The van der Waals surface area contributed by atoms with Gasteiger partial charge in [-0.2, -0.15) is 0 Å². The fourth-order valence-corrected chi connectivity index (χ4v) is 3.21. The van der Waals surface area contributed by atoms with Crippen molar-refractivity contribution in [3.05, 3.63) is 22.2 Å². The van der Waals surface area contributed by atoms with Crippen LogP contribution >= 0.6 is 39.9 Å². The van der Waals surface area contributed by atoms with E-state index < -0.39 is 0 Å². The zero-order chi connectivity index (χ0) is 16.7. The Morgan fingerprint density at radius 3 is 2.42 bits per heavy atom. The van der Waals surface area contributed by atoms with E-state index in [9.17, 15) is 0 Å². The number of methoxy groups -OCH3 is 2. The van der Waals surface area contributed by atoms with Crippen LogP contribution in [-0.2, 0) is 6.54 Å². The second-order valence-electron chi connectivity index (χ2n) is 5.62. The number of aliphatic imine (C=N–C) groups is 1. The van der Waals surface area contributed by atoms with E-state index in [0.717, 1.165) is 28.3 Å². The first kappa shape index (κ1) is 21.3. The van der Waals surface area contributed by atoms with E-state index in [1.807, 2.05) is 12.1 Å². The summed E-state index contributed by atoms with van der Waals surface area (Å²) in [5.41, 5.74) is 1.06. The number of nitrogens with zero attached hydrogens (tertiary/aromatic N) is 1. The lowest BCUT2D eigenvalue weighted by Crippen LogP contribution is -2.42. The number of hydrogen-bond donors (Lipinski definition) is 2. The highest BCUT2D eigenvalue weighted by Crippen LogP contribution is 2.33. The highest BCUT2D eigenvalue weighted by atomic mass is 127. The lowest BCUT2D eigenvalue weighted by Gasteiger charge is -2.17. The van der Waals surface area contributed by atoms with Gasteiger partial charge in [0.2, 0.25) is 0 Å². The molecule has 7 heteroatoms. The van der Waals surface area contributed by atoms with Crippen LogP contribution in [0, 0.1) is 0 Å². The average molecular weight is 512 g/mol. The molecule has 1 fully saturated rings. The van der Waals surface area contributed by atoms with Gasteiger partial charge in [0.25, 0.3) is 0 Å². The van der Waals surface area contributed by atoms with Crippen LogP contribution in [0.3, 0.4) is 0 Å². The molecule has 0 atom stereocenters. The maximum atomic E-state index is 5.37. The van der Waals surface area contributed by atoms with Gasteiger partial charge >= 0.3 is 0 Å². The maximum absolute atomic E-state index is 5.37. The second-order valence-corrected chi connectivity index (χ2v) is 6.47. The van der Waals surface area contributed by atoms with Crippen molar-refractivity contribution in [2.75, 3.05) is 20.8 Å². The third-order valence-corrected chi connectivity index (χ3v) is 4.74. The zero-order valence-electron chi connectivity index (χ0n) is 14.5. The smallest absolute Gasteiger partial charge is 0.191 e. The fourth-order valence-electron chi connectivity index (χ4n) is 2.77. The van der Waals surface area contributed by atoms with Crippen LogP contribution in [0.1, 0.15) is 38.2 Å². The molecule has 1 aromatic carbocycles. The zero-order valence-corrected chi connectivity index (χ0v) is 18.4. The van der Waals surface area contributed by atoms with Crippen molar-refractivity contribution in [3.63, 3.8) is 0 Å². The van der Waals surface area contributed by atoms with Gasteiger partial charge in [0.15, 0.2) is 17.5 Å². The number of ether oxygens (including phenoxy) is 2. The Morgan fingerprint density at radius 2 is 1.83 bits per heavy atom. The molecule has 0 bridgehead atoms. The van der Waals surface area contributed by atoms with Crippen molar-refractivity contribution >= 4 is 45.9 Å². The molecule has 0 heterocycles. The summed E-state index contributed by atoms with van der Waals surface area (Å²) < 4.78 is 11.6. The predicted molar refractivity (Wildman–Crippen MR) is 113 cm³/mol. The third-order valence-electron chi connectivity index (χ3n) is 4.00. The van der Waals surface area contributed by atoms with Gasteiger partial charge < -0.3 is 20.1 Å². The Kier molecular flexibility index (Phi) is 9.80. The van der Waals surface area contributed by atoms with Crippen LogP contribution in [0.4, 0.5) is 0 Å². The van der Waals surface area contributed by atoms with Gasteiger partial charge in [-0.1, -0.05) is 28.8 Å². The van der Waals surface area contributed by atoms with Gasteiger partial charge in [0.1, 0.15) is 0 Å². The maximum Gasteiger partial charge on any atom is 0.191 e. The van der Waals surface area contributed by atoms with Crippen LogP contribution in [0.5, 0.6) is 11.5 Å². The van der Waals surface area contributed by atoms with E-state index in [1.54, 1.807) is 14.2 Å². The summed E-state index contributed by atoms with van der Waals surface area (Å²) in [5.74, 6) is 2.30. The molecule has 2 N–H and O–H groups in total. The van der Waals surface area contributed by atoms with Crippen LogP contribution in [0.15, 0.2) is 21.6 Å². The minimum absolute atomic E-state index is 0. The van der Waals surface area contributed by atoms with Gasteiger partial charge in [0.05, 0.1) is 20.8 Å². The van der Waals surface area contributed by atoms with Gasteiger partial charge in [-0.25, -0.2) is 4.99 Å². The predicted octanol–water partition coefficient (Wildman–Crippen LogP) is 4.08. The minimum Gasteiger partial charge on any atom is -0.493 e. The number of rotatable bonds is 6. The highest BCUT2D eigenvalue weighted by molar-refractivity contribution is 14.0. The fraction of sp³-hybridized carbons (Fsp3) is 0.588. The first-order valence-electron chi connectivity index (χ1n) is 8.13. The van der Waals surface area contributed by atoms with Crippen molar-refractivity contribution in [1.29, 1.82) is 0 Å². The molecule has 0 aromatic heterocycles. The molecule has 0 amide bonds. The van der Waals surface area contributed by atoms with Crippen LogP contribution in [0.25, 0.3) is 0 Å². The van der Waals surface area contributed by atoms with Crippen LogP contribution < -0.4 is 20.1 Å². The summed E-state index contributed by atoms with van der Waals surface area (Å²) in [4.78, 5) is 4.71. The van der Waals surface area contributed by atoms with Gasteiger partial charge in [-0.15, -0.1) is 24.0 Å². The Hall–Kier alpha value is -0.700. The van der Waals surface area contributed by atoms with E-state index >= 15 is 0 Å². The first-order chi connectivity index (χ1) is 11.2. The molecule has 1 saturated carbocycles. The number of benzene rings is 1. The molecule has 1 aromatic rings. The molecular formula is C17H27BrIN3O2. The summed E-state index contributed by atoms with van der Waals surface area (Å²) in [6.07, 6.45) is 5.06. The SMILES string of the molecule is CCNC(=NCc1cc(OC)c(OC)cc1Br)NC1CCCC1.I. The summed E-state index contributed by atoms with van der Waals surface area (Å²) in [5, 5.41) is 6.84. The van der Waals surface area contributed by atoms with Crippen molar-refractivity contribution in [1.82, 2.24) is 10.6 Å². The highest BCUT2D eigenvalue weighted by Gasteiger charge is 2.16. The third kappa shape index (κ3) is 5.98. The molecule has 2 rings (SSSR count). The molecule has 0 radical (unpaired) electrons. The monoisotopic (exact) mass is 511 g/mol. The van der Waals surface area contributed by atoms with Crippen LogP contribution in [-0.4, -0.2) is 32.8 Å². The quantitative estimate of drug-likeness (QED) is 0.343. The van der Waals surface area contributed by atoms with E-state index in [-0.39, 0.29) is 24.0 Å². The van der Waals surface area contributed by atoms with Gasteiger partial charge in [-0.3, -0.25) is 0 Å².